The van der Waals surface area contributed by atoms with E-state index < -0.39 is 5.54 Å². The van der Waals surface area contributed by atoms with Crippen molar-refractivity contribution in [3.8, 4) is 0 Å². The molecule has 0 saturated heterocycles. The lowest BCUT2D eigenvalue weighted by atomic mass is 9.64. The number of benzene rings is 1. The maximum absolute atomic E-state index is 12.0. The molecular formula is C19H30N2O. The highest BCUT2D eigenvalue weighted by molar-refractivity contribution is 5.85. The van der Waals surface area contributed by atoms with Gasteiger partial charge in [0, 0.05) is 12.0 Å². The molecule has 122 valence electrons. The molecule has 0 spiro atoms. The summed E-state index contributed by atoms with van der Waals surface area (Å²) >= 11 is 0. The Hall–Kier alpha value is -1.35. The first-order chi connectivity index (χ1) is 10.0. The van der Waals surface area contributed by atoms with Crippen molar-refractivity contribution >= 4 is 5.91 Å². The van der Waals surface area contributed by atoms with E-state index in [9.17, 15) is 4.79 Å². The number of hydrogen-bond acceptors (Lipinski definition) is 2. The molecule has 0 heterocycles. The number of hydrogen-bond donors (Lipinski definition) is 2. The van der Waals surface area contributed by atoms with Crippen molar-refractivity contribution in [1.82, 2.24) is 5.32 Å². The Bertz CT molecular complexity index is 528. The van der Waals surface area contributed by atoms with Gasteiger partial charge in [0.1, 0.15) is 0 Å². The summed E-state index contributed by atoms with van der Waals surface area (Å²) in [6.07, 6.45) is 3.49. The first-order valence-electron chi connectivity index (χ1n) is 8.23. The van der Waals surface area contributed by atoms with Crippen molar-refractivity contribution in [3.05, 3.63) is 35.4 Å². The van der Waals surface area contributed by atoms with Crippen LogP contribution in [0.2, 0.25) is 0 Å². The summed E-state index contributed by atoms with van der Waals surface area (Å²) in [5.41, 5.74) is 7.99. The molecular weight excluding hydrogens is 272 g/mol. The molecule has 0 atom stereocenters. The third-order valence-corrected chi connectivity index (χ3v) is 4.85. The van der Waals surface area contributed by atoms with E-state index in [0.29, 0.717) is 6.54 Å². The second-order valence-electron chi connectivity index (χ2n) is 8.37. The minimum Gasteiger partial charge on any atom is -0.354 e. The molecule has 1 saturated carbocycles. The van der Waals surface area contributed by atoms with E-state index in [4.69, 9.17) is 5.73 Å². The van der Waals surface area contributed by atoms with Crippen LogP contribution in [0.3, 0.4) is 0 Å². The molecule has 3 nitrogen and oxygen atoms in total. The van der Waals surface area contributed by atoms with Crippen molar-refractivity contribution in [3.63, 3.8) is 0 Å². The molecule has 1 aromatic rings. The summed E-state index contributed by atoms with van der Waals surface area (Å²) in [5, 5.41) is 3.04. The van der Waals surface area contributed by atoms with Gasteiger partial charge >= 0.3 is 0 Å². The lowest BCUT2D eigenvalue weighted by molar-refractivity contribution is -0.125. The Morgan fingerprint density at radius 3 is 2.05 bits per heavy atom. The fourth-order valence-corrected chi connectivity index (χ4v) is 2.97. The zero-order valence-electron chi connectivity index (χ0n) is 14.6. The average molecular weight is 302 g/mol. The van der Waals surface area contributed by atoms with Gasteiger partial charge < -0.3 is 11.1 Å². The predicted octanol–water partition coefficient (Wildman–Crippen LogP) is 3.26. The monoisotopic (exact) mass is 302 g/mol. The molecule has 0 aliphatic heterocycles. The molecule has 3 heteroatoms. The van der Waals surface area contributed by atoms with E-state index in [1.165, 1.54) is 17.5 Å². The number of carbonyl (C=O) groups is 1. The Labute approximate surface area is 134 Å². The van der Waals surface area contributed by atoms with Gasteiger partial charge in [0.05, 0.1) is 5.54 Å². The molecule has 1 aliphatic carbocycles. The first-order valence-corrected chi connectivity index (χ1v) is 8.23. The van der Waals surface area contributed by atoms with E-state index in [0.717, 1.165) is 12.8 Å². The number of carbonyl (C=O) groups excluding carboxylic acids is 1. The molecule has 1 amide bonds. The highest BCUT2D eigenvalue weighted by atomic mass is 16.2. The highest BCUT2D eigenvalue weighted by Crippen LogP contribution is 2.43. The second-order valence-corrected chi connectivity index (χ2v) is 8.37. The fraction of sp³-hybridized carbons (Fsp3) is 0.632. The van der Waals surface area contributed by atoms with Gasteiger partial charge in [0.25, 0.3) is 0 Å². The third-order valence-electron chi connectivity index (χ3n) is 4.85. The number of rotatable bonds is 4. The largest absolute Gasteiger partial charge is 0.354 e. The summed E-state index contributed by atoms with van der Waals surface area (Å²) in [5.74, 6) is -0.0786. The van der Waals surface area contributed by atoms with Crippen LogP contribution in [-0.2, 0) is 15.6 Å². The highest BCUT2D eigenvalue weighted by Gasteiger charge is 2.39. The molecule has 2 rings (SSSR count). The number of nitrogens with one attached hydrogen (secondary N) is 1. The van der Waals surface area contributed by atoms with Crippen LogP contribution >= 0.6 is 0 Å². The van der Waals surface area contributed by atoms with Gasteiger partial charge in [-0.15, -0.1) is 0 Å². The zero-order valence-corrected chi connectivity index (χ0v) is 14.6. The van der Waals surface area contributed by atoms with E-state index >= 15 is 0 Å². The predicted molar refractivity (Wildman–Crippen MR) is 91.9 cm³/mol. The van der Waals surface area contributed by atoms with Crippen LogP contribution in [0.1, 0.15) is 65.0 Å². The van der Waals surface area contributed by atoms with Gasteiger partial charge in [-0.05, 0) is 43.2 Å². The molecule has 0 radical (unpaired) electrons. The van der Waals surface area contributed by atoms with E-state index in [2.05, 4.69) is 50.4 Å². The minimum absolute atomic E-state index is 0.0786. The summed E-state index contributed by atoms with van der Waals surface area (Å²) in [6.45, 7) is 10.9. The van der Waals surface area contributed by atoms with E-state index in [1.54, 1.807) is 13.8 Å². The second kappa shape index (κ2) is 5.69. The van der Waals surface area contributed by atoms with Crippen LogP contribution < -0.4 is 11.1 Å². The summed E-state index contributed by atoms with van der Waals surface area (Å²) in [7, 11) is 0. The average Bonchev–Trinajstić information content (AvgIpc) is 2.35. The van der Waals surface area contributed by atoms with Crippen LogP contribution in [0.25, 0.3) is 0 Å². The Morgan fingerprint density at radius 1 is 1.14 bits per heavy atom. The first kappa shape index (κ1) is 17.0. The van der Waals surface area contributed by atoms with Gasteiger partial charge in [0.15, 0.2) is 0 Å². The lowest BCUT2D eigenvalue weighted by Gasteiger charge is -2.43. The lowest BCUT2D eigenvalue weighted by Crippen LogP contribution is -2.53. The molecule has 0 bridgehead atoms. The van der Waals surface area contributed by atoms with E-state index in [1.807, 2.05) is 0 Å². The Morgan fingerprint density at radius 2 is 1.68 bits per heavy atom. The zero-order chi connectivity index (χ0) is 16.6. The maximum Gasteiger partial charge on any atom is 0.239 e. The van der Waals surface area contributed by atoms with Gasteiger partial charge in [-0.25, -0.2) is 0 Å². The quantitative estimate of drug-likeness (QED) is 0.897. The topological polar surface area (TPSA) is 55.1 Å². The normalized spacial score (nSPS) is 17.7. The minimum atomic E-state index is -0.818. The smallest absolute Gasteiger partial charge is 0.239 e. The number of amides is 1. The Kier molecular flexibility index (Phi) is 4.40. The Balaban J connectivity index is 2.12. The van der Waals surface area contributed by atoms with Crippen LogP contribution in [0, 0.1) is 0 Å². The summed E-state index contributed by atoms with van der Waals surface area (Å²) < 4.78 is 0. The van der Waals surface area contributed by atoms with Gasteiger partial charge in [0.2, 0.25) is 5.91 Å². The third kappa shape index (κ3) is 3.52. The van der Waals surface area contributed by atoms with Crippen molar-refractivity contribution in [2.45, 2.75) is 70.3 Å². The van der Waals surface area contributed by atoms with Crippen LogP contribution in [-0.4, -0.2) is 18.0 Å². The molecule has 22 heavy (non-hydrogen) atoms. The van der Waals surface area contributed by atoms with Crippen molar-refractivity contribution in [2.24, 2.45) is 5.73 Å². The standard InChI is InChI=1S/C19H30N2O/c1-17(2,3)14-7-9-15(10-8-14)19(11-6-12-19)13-21-16(22)18(4,5)20/h7-10H,6,11-13,20H2,1-5H3,(H,21,22). The maximum atomic E-state index is 12.0. The van der Waals surface area contributed by atoms with Gasteiger partial charge in [-0.3, -0.25) is 4.79 Å². The molecule has 0 aromatic heterocycles. The number of nitrogens with two attached hydrogens (primary N) is 1. The molecule has 1 aromatic carbocycles. The molecule has 3 N–H and O–H groups in total. The molecule has 1 aliphatic rings. The van der Waals surface area contributed by atoms with Crippen molar-refractivity contribution in [1.29, 1.82) is 0 Å². The summed E-state index contributed by atoms with van der Waals surface area (Å²) in [6, 6.07) is 8.92. The van der Waals surface area contributed by atoms with Crippen molar-refractivity contribution < 1.29 is 4.79 Å². The van der Waals surface area contributed by atoms with Crippen LogP contribution in [0.15, 0.2) is 24.3 Å². The summed E-state index contributed by atoms with van der Waals surface area (Å²) in [4.78, 5) is 12.0. The van der Waals surface area contributed by atoms with Crippen molar-refractivity contribution in [2.75, 3.05) is 6.54 Å². The SMILES string of the molecule is CC(C)(N)C(=O)NCC1(c2ccc(C(C)(C)C)cc2)CCC1. The fourth-order valence-electron chi connectivity index (χ4n) is 2.97. The van der Waals surface area contributed by atoms with Crippen LogP contribution in [0.4, 0.5) is 0 Å². The van der Waals surface area contributed by atoms with Gasteiger partial charge in [-0.1, -0.05) is 51.5 Å². The van der Waals surface area contributed by atoms with E-state index in [-0.39, 0.29) is 16.7 Å². The van der Waals surface area contributed by atoms with Gasteiger partial charge in [-0.2, -0.15) is 0 Å². The van der Waals surface area contributed by atoms with Crippen LogP contribution in [0.5, 0.6) is 0 Å². The molecule has 1 fully saturated rings. The molecule has 0 unspecified atom stereocenters.